The van der Waals surface area contributed by atoms with Crippen LogP contribution in [0.2, 0.25) is 5.02 Å². The summed E-state index contributed by atoms with van der Waals surface area (Å²) in [5.41, 5.74) is 0.608. The maximum absolute atomic E-state index is 13.0. The van der Waals surface area contributed by atoms with Crippen molar-refractivity contribution in [2.75, 3.05) is 6.54 Å². The SMILES string of the molecule is CC1C(C(=O)O)CCN1C(=O)C=Cc1ccc(F)c(Cl)c1. The van der Waals surface area contributed by atoms with E-state index in [1.165, 1.54) is 35.3 Å². The Balaban J connectivity index is 2.06. The Morgan fingerprint density at radius 3 is 2.76 bits per heavy atom. The molecule has 2 unspecified atom stereocenters. The Kier molecular flexibility index (Phi) is 4.63. The van der Waals surface area contributed by atoms with Crippen LogP contribution in [0.25, 0.3) is 6.08 Å². The summed E-state index contributed by atoms with van der Waals surface area (Å²) < 4.78 is 13.0. The number of rotatable bonds is 3. The van der Waals surface area contributed by atoms with Crippen LogP contribution >= 0.6 is 11.6 Å². The van der Waals surface area contributed by atoms with E-state index in [1.54, 1.807) is 6.92 Å². The van der Waals surface area contributed by atoms with E-state index < -0.39 is 17.7 Å². The van der Waals surface area contributed by atoms with Crippen molar-refractivity contribution in [3.63, 3.8) is 0 Å². The van der Waals surface area contributed by atoms with Crippen LogP contribution in [0.5, 0.6) is 0 Å². The van der Waals surface area contributed by atoms with Gasteiger partial charge < -0.3 is 10.0 Å². The van der Waals surface area contributed by atoms with E-state index in [2.05, 4.69) is 0 Å². The standard InChI is InChI=1S/C15H15ClFNO3/c1-9-11(15(20)21)6-7-18(9)14(19)5-3-10-2-4-13(17)12(16)8-10/h2-5,8-9,11H,6-7H2,1H3,(H,20,21). The van der Waals surface area contributed by atoms with Crippen LogP contribution in [-0.4, -0.2) is 34.5 Å². The van der Waals surface area contributed by atoms with E-state index >= 15 is 0 Å². The molecule has 1 N–H and O–H groups in total. The Bertz CT molecular complexity index is 603. The van der Waals surface area contributed by atoms with Crippen LogP contribution in [0.3, 0.4) is 0 Å². The summed E-state index contributed by atoms with van der Waals surface area (Å²) >= 11 is 5.66. The Labute approximate surface area is 126 Å². The number of hydrogen-bond acceptors (Lipinski definition) is 2. The minimum absolute atomic E-state index is 0.00918. The summed E-state index contributed by atoms with van der Waals surface area (Å²) in [6, 6.07) is 3.83. The zero-order chi connectivity index (χ0) is 15.6. The fraction of sp³-hybridized carbons (Fsp3) is 0.333. The molecule has 0 radical (unpaired) electrons. The Morgan fingerprint density at radius 2 is 2.19 bits per heavy atom. The molecule has 0 aromatic heterocycles. The molecule has 1 aromatic carbocycles. The first kappa shape index (κ1) is 15.5. The van der Waals surface area contributed by atoms with Crippen LogP contribution in [0.4, 0.5) is 4.39 Å². The third kappa shape index (κ3) is 3.42. The van der Waals surface area contributed by atoms with Crippen LogP contribution in [0.1, 0.15) is 18.9 Å². The van der Waals surface area contributed by atoms with Crippen molar-refractivity contribution in [1.29, 1.82) is 0 Å². The van der Waals surface area contributed by atoms with Gasteiger partial charge in [0.1, 0.15) is 5.82 Å². The second-order valence-electron chi connectivity index (χ2n) is 5.01. The number of amides is 1. The monoisotopic (exact) mass is 311 g/mol. The van der Waals surface area contributed by atoms with Gasteiger partial charge in [-0.25, -0.2) is 4.39 Å². The number of carbonyl (C=O) groups is 2. The average Bonchev–Trinajstić information content (AvgIpc) is 2.82. The molecule has 4 nitrogen and oxygen atoms in total. The number of aliphatic carboxylic acids is 1. The summed E-state index contributed by atoms with van der Waals surface area (Å²) in [5.74, 6) is -2.18. The number of halogens is 2. The molecule has 2 rings (SSSR count). The molecule has 21 heavy (non-hydrogen) atoms. The van der Waals surface area contributed by atoms with Crippen molar-refractivity contribution in [3.8, 4) is 0 Å². The maximum atomic E-state index is 13.0. The number of carboxylic acids is 1. The van der Waals surface area contributed by atoms with E-state index in [4.69, 9.17) is 16.7 Å². The van der Waals surface area contributed by atoms with Gasteiger partial charge in [0.2, 0.25) is 5.91 Å². The molecule has 112 valence electrons. The topological polar surface area (TPSA) is 57.6 Å². The van der Waals surface area contributed by atoms with E-state index in [9.17, 15) is 14.0 Å². The molecule has 0 aliphatic carbocycles. The zero-order valence-corrected chi connectivity index (χ0v) is 12.2. The normalized spacial score (nSPS) is 22.0. The zero-order valence-electron chi connectivity index (χ0n) is 11.4. The van der Waals surface area contributed by atoms with Gasteiger partial charge in [-0.05, 0) is 37.1 Å². The van der Waals surface area contributed by atoms with Gasteiger partial charge in [0.25, 0.3) is 0 Å². The number of likely N-dealkylation sites (tertiary alicyclic amines) is 1. The predicted molar refractivity (Wildman–Crippen MR) is 77.4 cm³/mol. The van der Waals surface area contributed by atoms with Crippen molar-refractivity contribution < 1.29 is 19.1 Å². The van der Waals surface area contributed by atoms with Crippen LogP contribution in [0, 0.1) is 11.7 Å². The molecule has 0 bridgehead atoms. The fourth-order valence-electron chi connectivity index (χ4n) is 2.46. The number of carbonyl (C=O) groups excluding carboxylic acids is 1. The quantitative estimate of drug-likeness (QED) is 0.873. The number of hydrogen-bond donors (Lipinski definition) is 1. The van der Waals surface area contributed by atoms with E-state index in [1.807, 2.05) is 0 Å². The summed E-state index contributed by atoms with van der Waals surface area (Å²) in [7, 11) is 0. The van der Waals surface area contributed by atoms with Crippen LogP contribution < -0.4 is 0 Å². The molecule has 1 aliphatic heterocycles. The lowest BCUT2D eigenvalue weighted by molar-refractivity contribution is -0.142. The van der Waals surface area contributed by atoms with Crippen molar-refractivity contribution in [1.82, 2.24) is 4.90 Å². The second-order valence-corrected chi connectivity index (χ2v) is 5.42. The van der Waals surface area contributed by atoms with Gasteiger partial charge in [-0.3, -0.25) is 9.59 Å². The lowest BCUT2D eigenvalue weighted by Crippen LogP contribution is -2.36. The van der Waals surface area contributed by atoms with Gasteiger partial charge >= 0.3 is 5.97 Å². The fourth-order valence-corrected chi connectivity index (χ4v) is 2.65. The lowest BCUT2D eigenvalue weighted by atomic mass is 10.0. The molecule has 0 saturated carbocycles. The molecule has 1 heterocycles. The van der Waals surface area contributed by atoms with Gasteiger partial charge in [-0.15, -0.1) is 0 Å². The number of nitrogens with zero attached hydrogens (tertiary/aromatic N) is 1. The second kappa shape index (κ2) is 6.26. The maximum Gasteiger partial charge on any atom is 0.308 e. The molecule has 1 amide bonds. The van der Waals surface area contributed by atoms with Crippen molar-refractivity contribution >= 4 is 29.6 Å². The van der Waals surface area contributed by atoms with Crippen molar-refractivity contribution in [2.45, 2.75) is 19.4 Å². The summed E-state index contributed by atoms with van der Waals surface area (Å²) in [6.07, 6.45) is 3.34. The third-order valence-electron chi connectivity index (χ3n) is 3.72. The Morgan fingerprint density at radius 1 is 1.48 bits per heavy atom. The van der Waals surface area contributed by atoms with E-state index in [0.717, 1.165) is 0 Å². The summed E-state index contributed by atoms with van der Waals surface area (Å²) in [4.78, 5) is 24.6. The van der Waals surface area contributed by atoms with Crippen LogP contribution in [-0.2, 0) is 9.59 Å². The lowest BCUT2D eigenvalue weighted by Gasteiger charge is -2.21. The van der Waals surface area contributed by atoms with Gasteiger partial charge in [0.05, 0.1) is 10.9 Å². The highest BCUT2D eigenvalue weighted by Gasteiger charge is 2.37. The molecule has 6 heteroatoms. The predicted octanol–water partition coefficient (Wildman–Crippen LogP) is 2.81. The molecule has 1 aromatic rings. The smallest absolute Gasteiger partial charge is 0.308 e. The molecular weight excluding hydrogens is 297 g/mol. The molecule has 1 aliphatic rings. The van der Waals surface area contributed by atoms with Crippen LogP contribution in [0.15, 0.2) is 24.3 Å². The number of carboxylic acid groups (broad SMARTS) is 1. The summed E-state index contributed by atoms with van der Waals surface area (Å²) in [6.45, 7) is 2.15. The molecule has 1 saturated heterocycles. The molecule has 1 fully saturated rings. The van der Waals surface area contributed by atoms with E-state index in [0.29, 0.717) is 18.5 Å². The first-order chi connectivity index (χ1) is 9.90. The van der Waals surface area contributed by atoms with Gasteiger partial charge in [-0.1, -0.05) is 17.7 Å². The van der Waals surface area contributed by atoms with E-state index in [-0.39, 0.29) is 17.0 Å². The van der Waals surface area contributed by atoms with Gasteiger partial charge in [-0.2, -0.15) is 0 Å². The minimum Gasteiger partial charge on any atom is -0.481 e. The van der Waals surface area contributed by atoms with Gasteiger partial charge in [0.15, 0.2) is 0 Å². The highest BCUT2D eigenvalue weighted by atomic mass is 35.5. The average molecular weight is 312 g/mol. The van der Waals surface area contributed by atoms with Crippen molar-refractivity contribution in [2.24, 2.45) is 5.92 Å². The molecular formula is C15H15ClFNO3. The summed E-state index contributed by atoms with van der Waals surface area (Å²) in [5, 5.41) is 9.03. The Hall–Kier alpha value is -1.88. The highest BCUT2D eigenvalue weighted by molar-refractivity contribution is 6.30. The van der Waals surface area contributed by atoms with Gasteiger partial charge in [0, 0.05) is 18.7 Å². The highest BCUT2D eigenvalue weighted by Crippen LogP contribution is 2.25. The molecule has 0 spiro atoms. The molecule has 2 atom stereocenters. The van der Waals surface area contributed by atoms with Crippen molar-refractivity contribution in [3.05, 3.63) is 40.7 Å². The largest absolute Gasteiger partial charge is 0.481 e. The third-order valence-corrected chi connectivity index (χ3v) is 4.01. The minimum atomic E-state index is -0.882. The first-order valence-corrected chi connectivity index (χ1v) is 6.94. The number of benzene rings is 1. The first-order valence-electron chi connectivity index (χ1n) is 6.56.